The number of rotatable bonds is 5. The van der Waals surface area contributed by atoms with E-state index in [2.05, 4.69) is 17.3 Å². The Balaban J connectivity index is 2.21. The number of nitrogens with one attached hydrogen (secondary N) is 1. The third-order valence-corrected chi connectivity index (χ3v) is 3.55. The zero-order chi connectivity index (χ0) is 12.0. The zero-order valence-corrected chi connectivity index (χ0v) is 10.5. The van der Waals surface area contributed by atoms with Gasteiger partial charge in [0.1, 0.15) is 0 Å². The fraction of sp³-hybridized carbons (Fsp3) is 0.917. The van der Waals surface area contributed by atoms with Crippen LogP contribution in [0.5, 0.6) is 0 Å². The van der Waals surface area contributed by atoms with Gasteiger partial charge in [-0.1, -0.05) is 6.92 Å². The van der Waals surface area contributed by atoms with Crippen molar-refractivity contribution in [2.24, 2.45) is 17.6 Å². The number of hydrogen-bond donors (Lipinski definition) is 2. The first-order valence-corrected chi connectivity index (χ1v) is 6.33. The van der Waals surface area contributed by atoms with Crippen LogP contribution in [0.2, 0.25) is 0 Å². The molecule has 1 rings (SSSR count). The summed E-state index contributed by atoms with van der Waals surface area (Å²) in [6.45, 7) is 5.58. The Labute approximate surface area is 98.6 Å². The highest BCUT2D eigenvalue weighted by molar-refractivity contribution is 5.78. The third-order valence-electron chi connectivity index (χ3n) is 3.55. The lowest BCUT2D eigenvalue weighted by atomic mass is 9.96. The van der Waals surface area contributed by atoms with Crippen LogP contribution >= 0.6 is 0 Å². The lowest BCUT2D eigenvalue weighted by Gasteiger charge is -2.29. The maximum atomic E-state index is 11.7. The first-order valence-electron chi connectivity index (χ1n) is 6.33. The summed E-state index contributed by atoms with van der Waals surface area (Å²) in [5.74, 6) is 0.769. The van der Waals surface area contributed by atoms with Gasteiger partial charge in [-0.25, -0.2) is 0 Å². The molecular formula is C12H25N3O. The standard InChI is InChI=1S/C12H25N3O/c1-3-11(8-13)12(16)14-9-10-4-6-15(2)7-5-10/h10-11H,3-9,13H2,1-2H3,(H,14,16). The van der Waals surface area contributed by atoms with Gasteiger partial charge in [0.15, 0.2) is 0 Å². The predicted octanol–water partition coefficient (Wildman–Crippen LogP) is 0.429. The zero-order valence-electron chi connectivity index (χ0n) is 10.5. The van der Waals surface area contributed by atoms with E-state index in [4.69, 9.17) is 5.73 Å². The summed E-state index contributed by atoms with van der Waals surface area (Å²) >= 11 is 0. The lowest BCUT2D eigenvalue weighted by Crippen LogP contribution is -2.40. The number of nitrogens with two attached hydrogens (primary N) is 1. The monoisotopic (exact) mass is 227 g/mol. The van der Waals surface area contributed by atoms with E-state index >= 15 is 0 Å². The van der Waals surface area contributed by atoms with Gasteiger partial charge in [-0.3, -0.25) is 4.79 Å². The van der Waals surface area contributed by atoms with Crippen LogP contribution in [-0.4, -0.2) is 44.0 Å². The Morgan fingerprint density at radius 1 is 1.50 bits per heavy atom. The summed E-state index contributed by atoms with van der Waals surface area (Å²) < 4.78 is 0. The van der Waals surface area contributed by atoms with E-state index in [1.807, 2.05) is 6.92 Å². The Morgan fingerprint density at radius 2 is 2.12 bits per heavy atom. The molecule has 0 aromatic heterocycles. The molecule has 3 N–H and O–H groups in total. The highest BCUT2D eigenvalue weighted by atomic mass is 16.1. The van der Waals surface area contributed by atoms with Gasteiger partial charge in [0, 0.05) is 19.0 Å². The molecule has 94 valence electrons. The summed E-state index contributed by atoms with van der Waals surface area (Å²) in [6, 6.07) is 0. The predicted molar refractivity (Wildman–Crippen MR) is 66.1 cm³/mol. The SMILES string of the molecule is CCC(CN)C(=O)NCC1CCN(C)CC1. The molecule has 0 radical (unpaired) electrons. The van der Waals surface area contributed by atoms with Crippen molar-refractivity contribution in [1.29, 1.82) is 0 Å². The van der Waals surface area contributed by atoms with Crippen molar-refractivity contribution in [3.63, 3.8) is 0 Å². The smallest absolute Gasteiger partial charge is 0.224 e. The minimum absolute atomic E-state index is 0.00809. The molecule has 1 aliphatic heterocycles. The highest BCUT2D eigenvalue weighted by Crippen LogP contribution is 2.14. The minimum Gasteiger partial charge on any atom is -0.356 e. The van der Waals surface area contributed by atoms with Crippen molar-refractivity contribution in [3.8, 4) is 0 Å². The van der Waals surface area contributed by atoms with E-state index in [1.165, 1.54) is 12.8 Å². The Kier molecular flexibility index (Phi) is 5.77. The van der Waals surface area contributed by atoms with Crippen LogP contribution in [0, 0.1) is 11.8 Å². The molecule has 4 nitrogen and oxygen atoms in total. The fourth-order valence-electron chi connectivity index (χ4n) is 2.11. The molecule has 0 bridgehead atoms. The van der Waals surface area contributed by atoms with E-state index in [-0.39, 0.29) is 11.8 Å². The summed E-state index contributed by atoms with van der Waals surface area (Å²) in [5, 5.41) is 3.03. The number of nitrogens with zero attached hydrogens (tertiary/aromatic N) is 1. The molecule has 4 heteroatoms. The van der Waals surface area contributed by atoms with Gasteiger partial charge < -0.3 is 16.0 Å². The molecule has 1 heterocycles. The molecule has 0 aromatic carbocycles. The van der Waals surface area contributed by atoms with E-state index in [1.54, 1.807) is 0 Å². The van der Waals surface area contributed by atoms with E-state index in [0.717, 1.165) is 26.1 Å². The average Bonchev–Trinajstić information content (AvgIpc) is 2.30. The van der Waals surface area contributed by atoms with Crippen LogP contribution in [0.15, 0.2) is 0 Å². The maximum Gasteiger partial charge on any atom is 0.224 e. The number of hydrogen-bond acceptors (Lipinski definition) is 3. The summed E-state index contributed by atoms with van der Waals surface area (Å²) in [7, 11) is 2.15. The quantitative estimate of drug-likeness (QED) is 0.716. The second-order valence-corrected chi connectivity index (χ2v) is 4.83. The molecule has 1 unspecified atom stereocenters. The van der Waals surface area contributed by atoms with E-state index < -0.39 is 0 Å². The van der Waals surface area contributed by atoms with Gasteiger partial charge in [-0.05, 0) is 45.3 Å². The van der Waals surface area contributed by atoms with Crippen LogP contribution in [-0.2, 0) is 4.79 Å². The molecular weight excluding hydrogens is 202 g/mol. The number of likely N-dealkylation sites (tertiary alicyclic amines) is 1. The first kappa shape index (κ1) is 13.5. The topological polar surface area (TPSA) is 58.4 Å². The first-order chi connectivity index (χ1) is 7.67. The molecule has 1 amide bonds. The van der Waals surface area contributed by atoms with Crippen molar-refractivity contribution in [1.82, 2.24) is 10.2 Å². The molecule has 0 aromatic rings. The van der Waals surface area contributed by atoms with Crippen molar-refractivity contribution < 1.29 is 4.79 Å². The largest absolute Gasteiger partial charge is 0.356 e. The second kappa shape index (κ2) is 6.86. The van der Waals surface area contributed by atoms with Crippen LogP contribution in [0.1, 0.15) is 26.2 Å². The van der Waals surface area contributed by atoms with E-state index in [0.29, 0.717) is 12.5 Å². The van der Waals surface area contributed by atoms with Gasteiger partial charge in [0.2, 0.25) is 5.91 Å². The Morgan fingerprint density at radius 3 is 2.62 bits per heavy atom. The van der Waals surface area contributed by atoms with Crippen LogP contribution in [0.3, 0.4) is 0 Å². The third kappa shape index (κ3) is 4.10. The summed E-state index contributed by atoms with van der Waals surface area (Å²) in [6.07, 6.45) is 3.21. The number of carbonyl (C=O) groups is 1. The van der Waals surface area contributed by atoms with Crippen molar-refractivity contribution in [2.45, 2.75) is 26.2 Å². The van der Waals surface area contributed by atoms with Gasteiger partial charge in [-0.2, -0.15) is 0 Å². The van der Waals surface area contributed by atoms with E-state index in [9.17, 15) is 4.79 Å². The van der Waals surface area contributed by atoms with Gasteiger partial charge in [-0.15, -0.1) is 0 Å². The molecule has 0 saturated carbocycles. The Hall–Kier alpha value is -0.610. The number of piperidine rings is 1. The maximum absolute atomic E-state index is 11.7. The van der Waals surface area contributed by atoms with Crippen molar-refractivity contribution in [2.75, 3.05) is 33.2 Å². The van der Waals surface area contributed by atoms with Crippen molar-refractivity contribution in [3.05, 3.63) is 0 Å². The van der Waals surface area contributed by atoms with Gasteiger partial charge in [0.05, 0.1) is 0 Å². The fourth-order valence-corrected chi connectivity index (χ4v) is 2.11. The molecule has 0 aliphatic carbocycles. The molecule has 0 spiro atoms. The molecule has 16 heavy (non-hydrogen) atoms. The minimum atomic E-state index is -0.00809. The normalized spacial score (nSPS) is 20.7. The average molecular weight is 227 g/mol. The highest BCUT2D eigenvalue weighted by Gasteiger charge is 2.19. The summed E-state index contributed by atoms with van der Waals surface area (Å²) in [4.78, 5) is 14.1. The number of amides is 1. The van der Waals surface area contributed by atoms with Crippen molar-refractivity contribution >= 4 is 5.91 Å². The van der Waals surface area contributed by atoms with Crippen LogP contribution in [0.25, 0.3) is 0 Å². The molecule has 1 saturated heterocycles. The molecule has 1 atom stereocenters. The molecule has 1 fully saturated rings. The van der Waals surface area contributed by atoms with Gasteiger partial charge >= 0.3 is 0 Å². The summed E-state index contributed by atoms with van der Waals surface area (Å²) in [5.41, 5.74) is 5.54. The van der Waals surface area contributed by atoms with Crippen LogP contribution in [0.4, 0.5) is 0 Å². The second-order valence-electron chi connectivity index (χ2n) is 4.83. The Bertz CT molecular complexity index is 208. The number of carbonyl (C=O) groups excluding carboxylic acids is 1. The van der Waals surface area contributed by atoms with Gasteiger partial charge in [0.25, 0.3) is 0 Å². The van der Waals surface area contributed by atoms with Crippen LogP contribution < -0.4 is 11.1 Å². The lowest BCUT2D eigenvalue weighted by molar-refractivity contribution is -0.125. The molecule has 1 aliphatic rings.